The van der Waals surface area contributed by atoms with Crippen LogP contribution in [-0.4, -0.2) is 76.3 Å². The van der Waals surface area contributed by atoms with Crippen LogP contribution >= 0.6 is 0 Å². The number of benzene rings is 1. The molecule has 0 amide bonds. The van der Waals surface area contributed by atoms with Crippen LogP contribution in [0.15, 0.2) is 67.1 Å². The van der Waals surface area contributed by atoms with Crippen molar-refractivity contribution in [3.05, 3.63) is 72.9 Å². The number of hydrogen-bond donors (Lipinski definition) is 3. The van der Waals surface area contributed by atoms with E-state index in [4.69, 9.17) is 4.98 Å². The van der Waals surface area contributed by atoms with Crippen molar-refractivity contribution in [1.82, 2.24) is 35.0 Å². The quantitative estimate of drug-likeness (QED) is 0.240. The highest BCUT2D eigenvalue weighted by Crippen LogP contribution is 2.34. The van der Waals surface area contributed by atoms with Crippen LogP contribution in [-0.2, 0) is 0 Å². The first-order chi connectivity index (χ1) is 19.4. The third-order valence-corrected chi connectivity index (χ3v) is 6.81. The number of aromatic amines is 2. The Balaban J connectivity index is 1.39. The van der Waals surface area contributed by atoms with E-state index in [1.807, 2.05) is 75.8 Å². The van der Waals surface area contributed by atoms with Crippen LogP contribution in [0, 0.1) is 5.82 Å². The normalized spacial score (nSPS) is 11.6. The minimum Gasteiger partial charge on any atom is -0.384 e. The van der Waals surface area contributed by atoms with E-state index < -0.39 is 0 Å². The van der Waals surface area contributed by atoms with E-state index in [9.17, 15) is 4.39 Å². The van der Waals surface area contributed by atoms with Crippen molar-refractivity contribution in [3.63, 3.8) is 0 Å². The molecule has 0 bridgehead atoms. The molecule has 9 nitrogen and oxygen atoms in total. The molecule has 5 aromatic heterocycles. The number of nitrogens with one attached hydrogen (secondary N) is 3. The monoisotopic (exact) mass is 535 g/mol. The summed E-state index contributed by atoms with van der Waals surface area (Å²) in [6.45, 7) is 1.55. The zero-order valence-corrected chi connectivity index (χ0v) is 22.8. The molecule has 0 saturated carbocycles. The maximum absolute atomic E-state index is 14.6. The van der Waals surface area contributed by atoms with Gasteiger partial charge in [0.15, 0.2) is 0 Å². The van der Waals surface area contributed by atoms with E-state index in [-0.39, 0.29) is 5.82 Å². The van der Waals surface area contributed by atoms with Gasteiger partial charge in [-0.2, -0.15) is 5.10 Å². The summed E-state index contributed by atoms with van der Waals surface area (Å²) in [4.78, 5) is 21.5. The summed E-state index contributed by atoms with van der Waals surface area (Å²) >= 11 is 0. The van der Waals surface area contributed by atoms with Crippen molar-refractivity contribution in [2.45, 2.75) is 0 Å². The molecule has 0 saturated heterocycles. The van der Waals surface area contributed by atoms with Gasteiger partial charge in [-0.3, -0.25) is 15.1 Å². The number of halogens is 1. The molecule has 0 aliphatic carbocycles. The molecule has 0 fully saturated rings. The van der Waals surface area contributed by atoms with Crippen molar-refractivity contribution >= 4 is 33.3 Å². The second kappa shape index (κ2) is 10.4. The summed E-state index contributed by atoms with van der Waals surface area (Å²) in [5.41, 5.74) is 8.76. The number of rotatable bonds is 8. The molecule has 3 N–H and O–H groups in total. The first kappa shape index (κ1) is 25.4. The first-order valence-electron chi connectivity index (χ1n) is 13.0. The van der Waals surface area contributed by atoms with Gasteiger partial charge in [0.1, 0.15) is 17.0 Å². The smallest absolute Gasteiger partial charge is 0.135 e. The second-order valence-electron chi connectivity index (χ2n) is 10.3. The Bertz CT molecular complexity index is 1820. The highest BCUT2D eigenvalue weighted by molar-refractivity contribution is 5.99. The number of aromatic nitrogens is 6. The van der Waals surface area contributed by atoms with Gasteiger partial charge in [-0.15, -0.1) is 0 Å². The number of hydrogen-bond acceptors (Lipinski definition) is 7. The summed E-state index contributed by atoms with van der Waals surface area (Å²) in [6, 6.07) is 14.9. The van der Waals surface area contributed by atoms with Gasteiger partial charge in [0, 0.05) is 67.3 Å². The Kier molecular flexibility index (Phi) is 6.61. The van der Waals surface area contributed by atoms with Gasteiger partial charge in [-0.25, -0.2) is 9.37 Å². The van der Waals surface area contributed by atoms with Crippen LogP contribution < -0.4 is 10.2 Å². The molecule has 0 aliphatic heterocycles. The molecule has 202 valence electrons. The average molecular weight is 536 g/mol. The molecule has 0 radical (unpaired) electrons. The number of pyridine rings is 3. The lowest BCUT2D eigenvalue weighted by molar-refractivity contribution is 0.425. The predicted molar refractivity (Wildman–Crippen MR) is 159 cm³/mol. The molecule has 0 spiro atoms. The fourth-order valence-electron chi connectivity index (χ4n) is 4.72. The molecule has 0 aliphatic rings. The molecule has 10 heteroatoms. The lowest BCUT2D eigenvalue weighted by Gasteiger charge is -2.12. The van der Waals surface area contributed by atoms with Crippen molar-refractivity contribution < 1.29 is 4.39 Å². The number of nitrogens with zero attached hydrogens (tertiary/aromatic N) is 6. The Morgan fingerprint density at radius 2 is 1.77 bits per heavy atom. The average Bonchev–Trinajstić information content (AvgIpc) is 3.56. The molecular weight excluding hydrogens is 505 g/mol. The summed E-state index contributed by atoms with van der Waals surface area (Å²) < 4.78 is 14.6. The van der Waals surface area contributed by atoms with Crippen LogP contribution in [0.2, 0.25) is 0 Å². The highest BCUT2D eigenvalue weighted by atomic mass is 19.1. The van der Waals surface area contributed by atoms with Gasteiger partial charge in [-0.1, -0.05) is 0 Å². The molecule has 40 heavy (non-hydrogen) atoms. The van der Waals surface area contributed by atoms with Gasteiger partial charge in [0.2, 0.25) is 0 Å². The summed E-state index contributed by atoms with van der Waals surface area (Å²) in [5, 5.41) is 11.9. The topological polar surface area (TPSA) is 102 Å². The van der Waals surface area contributed by atoms with Gasteiger partial charge < -0.3 is 20.1 Å². The van der Waals surface area contributed by atoms with Gasteiger partial charge in [0.05, 0.1) is 34.5 Å². The number of fused-ring (bicyclic) bond motifs is 2. The highest BCUT2D eigenvalue weighted by Gasteiger charge is 2.17. The second-order valence-corrected chi connectivity index (χ2v) is 10.3. The van der Waals surface area contributed by atoms with E-state index in [1.54, 1.807) is 6.20 Å². The molecule has 1 aromatic carbocycles. The maximum atomic E-state index is 14.6. The van der Waals surface area contributed by atoms with Crippen LogP contribution in [0.25, 0.3) is 55.8 Å². The van der Waals surface area contributed by atoms with Crippen LogP contribution in [0.3, 0.4) is 0 Å². The third-order valence-electron chi connectivity index (χ3n) is 6.81. The number of anilines is 2. The molecule has 5 heterocycles. The van der Waals surface area contributed by atoms with E-state index in [1.165, 1.54) is 12.1 Å². The molecule has 0 unspecified atom stereocenters. The summed E-state index contributed by atoms with van der Waals surface area (Å²) in [7, 11) is 7.98. The van der Waals surface area contributed by atoms with E-state index in [0.29, 0.717) is 29.2 Å². The predicted octanol–water partition coefficient (Wildman–Crippen LogP) is 5.41. The van der Waals surface area contributed by atoms with Crippen LogP contribution in [0.5, 0.6) is 0 Å². The number of likely N-dealkylation sites (N-methyl/N-ethyl adjacent to an activating group) is 1. The van der Waals surface area contributed by atoms with Crippen molar-refractivity contribution in [3.8, 4) is 33.9 Å². The Labute approximate surface area is 231 Å². The van der Waals surface area contributed by atoms with E-state index in [2.05, 4.69) is 41.4 Å². The minimum absolute atomic E-state index is 0.317. The third kappa shape index (κ3) is 4.96. The first-order valence-corrected chi connectivity index (χ1v) is 13.0. The van der Waals surface area contributed by atoms with Crippen LogP contribution in [0.4, 0.5) is 15.8 Å². The largest absolute Gasteiger partial charge is 0.384 e. The molecular formula is C30H30FN9. The van der Waals surface area contributed by atoms with Crippen molar-refractivity contribution in [2.24, 2.45) is 0 Å². The zero-order chi connectivity index (χ0) is 27.8. The Morgan fingerprint density at radius 3 is 2.60 bits per heavy atom. The maximum Gasteiger partial charge on any atom is 0.135 e. The lowest BCUT2D eigenvalue weighted by atomic mass is 10.1. The Hall–Kier alpha value is -4.83. The molecule has 6 aromatic rings. The Morgan fingerprint density at radius 1 is 0.900 bits per heavy atom. The zero-order valence-electron chi connectivity index (χ0n) is 22.8. The number of H-pyrrole nitrogens is 2. The van der Waals surface area contributed by atoms with Gasteiger partial charge >= 0.3 is 0 Å². The van der Waals surface area contributed by atoms with Crippen molar-refractivity contribution in [1.29, 1.82) is 0 Å². The van der Waals surface area contributed by atoms with E-state index in [0.717, 1.165) is 51.1 Å². The lowest BCUT2D eigenvalue weighted by Crippen LogP contribution is -2.20. The van der Waals surface area contributed by atoms with Crippen LogP contribution in [0.1, 0.15) is 0 Å². The fourth-order valence-corrected chi connectivity index (χ4v) is 4.72. The van der Waals surface area contributed by atoms with Gasteiger partial charge in [-0.05, 0) is 62.6 Å². The molecule has 6 rings (SSSR count). The fraction of sp³-hybridized carbons (Fsp3) is 0.200. The summed E-state index contributed by atoms with van der Waals surface area (Å²) in [5.74, 6) is -0.317. The van der Waals surface area contributed by atoms with Crippen molar-refractivity contribution in [2.75, 3.05) is 51.5 Å². The summed E-state index contributed by atoms with van der Waals surface area (Å²) in [6.07, 6.45) is 5.36. The van der Waals surface area contributed by atoms with E-state index >= 15 is 0 Å². The standard InChI is InChI=1S/C30H30FN9/c1-39(2)10-9-33-21-12-18(11-20(31)14-21)28-23-15-27(35-25(23)7-8-34-28)30-29-26(37-38-30)6-5-24(36-29)19-13-22(40(3)4)17-32-16-19/h5-8,11-17,33,35H,9-10H2,1-4H3,(H,37,38). The minimum atomic E-state index is -0.317. The van der Waals surface area contributed by atoms with Gasteiger partial charge in [0.25, 0.3) is 0 Å². The SMILES string of the molecule is CN(C)CCNc1cc(F)cc(-c2nccc3[nH]c(-c4n[nH]c5ccc(-c6cncc(N(C)C)c6)nc45)cc23)c1. The molecule has 0 atom stereocenters.